The van der Waals surface area contributed by atoms with E-state index in [1.54, 1.807) is 12.1 Å². The number of nitrogens with zero attached hydrogens (tertiary/aromatic N) is 2. The number of nitrogens with one attached hydrogen (secondary N) is 1. The van der Waals surface area contributed by atoms with Crippen LogP contribution < -0.4 is 5.43 Å². The largest absolute Gasteiger partial charge is 0.507 e. The van der Waals surface area contributed by atoms with Crippen molar-refractivity contribution in [2.24, 2.45) is 5.10 Å². The van der Waals surface area contributed by atoms with Gasteiger partial charge in [-0.1, -0.05) is 30.3 Å². The number of carbonyl (C=O) groups excluding carboxylic acids is 1. The van der Waals surface area contributed by atoms with E-state index in [4.69, 9.17) is 0 Å². The highest BCUT2D eigenvalue weighted by atomic mass is 32.2. The highest BCUT2D eigenvalue weighted by molar-refractivity contribution is 7.89. The van der Waals surface area contributed by atoms with Gasteiger partial charge in [0.25, 0.3) is 5.91 Å². The summed E-state index contributed by atoms with van der Waals surface area (Å²) in [4.78, 5) is 11.9. The maximum absolute atomic E-state index is 13.0. The van der Waals surface area contributed by atoms with Gasteiger partial charge in [0.15, 0.2) is 0 Å². The Morgan fingerprint density at radius 2 is 1.83 bits per heavy atom. The Morgan fingerprint density at radius 3 is 2.55 bits per heavy atom. The average Bonchev–Trinajstić information content (AvgIpc) is 2.70. The average molecular weight is 415 g/mol. The fraction of sp³-hybridized carbons (Fsp3) is 0.100. The van der Waals surface area contributed by atoms with E-state index >= 15 is 0 Å². The van der Waals surface area contributed by atoms with E-state index in [0.29, 0.717) is 5.56 Å². The smallest absolute Gasteiger partial charge is 0.255 e. The molecule has 9 heteroatoms. The van der Waals surface area contributed by atoms with Gasteiger partial charge in [-0.2, -0.15) is 9.41 Å². The summed E-state index contributed by atoms with van der Waals surface area (Å²) in [6.07, 6.45) is 1.30. The maximum Gasteiger partial charge on any atom is 0.255 e. The second kappa shape index (κ2) is 8.38. The summed E-state index contributed by atoms with van der Waals surface area (Å²) in [7, 11) is -2.71. The zero-order valence-corrected chi connectivity index (χ0v) is 16.2. The van der Waals surface area contributed by atoms with Gasteiger partial charge < -0.3 is 5.11 Å². The Balaban J connectivity index is 1.69. The van der Waals surface area contributed by atoms with Crippen molar-refractivity contribution in [3.8, 4) is 5.75 Å². The summed E-state index contributed by atoms with van der Waals surface area (Å²) in [6.45, 7) is -0.488. The van der Waals surface area contributed by atoms with Gasteiger partial charge in [0, 0.05) is 12.6 Å². The molecule has 0 spiro atoms. The van der Waals surface area contributed by atoms with Crippen LogP contribution in [-0.2, 0) is 14.8 Å². The molecule has 1 amide bonds. The Labute approximate surface area is 167 Å². The van der Waals surface area contributed by atoms with Gasteiger partial charge in [0.2, 0.25) is 10.0 Å². The molecule has 0 saturated heterocycles. The molecule has 150 valence electrons. The summed E-state index contributed by atoms with van der Waals surface area (Å²) in [5, 5.41) is 15.5. The molecule has 0 bridgehead atoms. The monoisotopic (exact) mass is 415 g/mol. The molecule has 0 unspecified atom stereocenters. The molecule has 29 heavy (non-hydrogen) atoms. The third kappa shape index (κ3) is 4.58. The van der Waals surface area contributed by atoms with Crippen molar-refractivity contribution in [2.75, 3.05) is 13.6 Å². The third-order valence-corrected chi connectivity index (χ3v) is 6.04. The molecule has 0 aliphatic rings. The van der Waals surface area contributed by atoms with Gasteiger partial charge >= 0.3 is 0 Å². The van der Waals surface area contributed by atoms with E-state index in [2.05, 4.69) is 10.5 Å². The number of hydrazone groups is 1. The number of amides is 1. The fourth-order valence-corrected chi connectivity index (χ4v) is 3.82. The molecule has 0 fully saturated rings. The molecule has 3 aromatic rings. The number of aromatic hydroxyl groups is 1. The molecule has 0 aliphatic carbocycles. The van der Waals surface area contributed by atoms with E-state index < -0.39 is 28.3 Å². The second-order valence-corrected chi connectivity index (χ2v) is 8.27. The van der Waals surface area contributed by atoms with Crippen molar-refractivity contribution >= 4 is 32.9 Å². The lowest BCUT2D eigenvalue weighted by molar-refractivity contribution is -0.121. The fourth-order valence-electron chi connectivity index (χ4n) is 2.70. The van der Waals surface area contributed by atoms with Crippen molar-refractivity contribution < 1.29 is 22.7 Å². The number of rotatable bonds is 6. The van der Waals surface area contributed by atoms with Gasteiger partial charge in [-0.05, 0) is 41.1 Å². The number of likely N-dealkylation sites (N-methyl/N-ethyl adjacent to an activating group) is 1. The quantitative estimate of drug-likeness (QED) is 0.477. The summed E-state index contributed by atoms with van der Waals surface area (Å²) in [6, 6.07) is 14.9. The molecular formula is C20H18FN3O4S. The number of sulfonamides is 1. The number of hydrogen-bond donors (Lipinski definition) is 2. The van der Waals surface area contributed by atoms with Crippen LogP contribution in [0.2, 0.25) is 0 Å². The summed E-state index contributed by atoms with van der Waals surface area (Å²) >= 11 is 0. The molecular weight excluding hydrogens is 397 g/mol. The number of benzene rings is 3. The molecule has 2 N–H and O–H groups in total. The first kappa shape index (κ1) is 20.4. The van der Waals surface area contributed by atoms with Gasteiger partial charge in [0.05, 0.1) is 17.7 Å². The minimum absolute atomic E-state index is 0.00213. The van der Waals surface area contributed by atoms with E-state index in [-0.39, 0.29) is 10.6 Å². The zero-order valence-electron chi connectivity index (χ0n) is 15.4. The lowest BCUT2D eigenvalue weighted by Crippen LogP contribution is -2.36. The lowest BCUT2D eigenvalue weighted by Gasteiger charge is -2.16. The van der Waals surface area contributed by atoms with Crippen LogP contribution in [0.1, 0.15) is 5.56 Å². The first-order chi connectivity index (χ1) is 13.8. The highest BCUT2D eigenvalue weighted by Crippen LogP contribution is 2.25. The molecule has 0 heterocycles. The zero-order chi connectivity index (χ0) is 21.0. The number of hydrogen-bond acceptors (Lipinski definition) is 5. The Hall–Kier alpha value is -3.30. The Kier molecular flexibility index (Phi) is 5.90. The van der Waals surface area contributed by atoms with Crippen LogP contribution in [0.15, 0.2) is 70.7 Å². The van der Waals surface area contributed by atoms with Crippen LogP contribution >= 0.6 is 0 Å². The van der Waals surface area contributed by atoms with E-state index in [1.807, 2.05) is 18.2 Å². The summed E-state index contributed by atoms with van der Waals surface area (Å²) in [5.74, 6) is -1.23. The molecule has 0 aromatic heterocycles. The Morgan fingerprint density at radius 1 is 1.14 bits per heavy atom. The predicted octanol–water partition coefficient (Wildman–Crippen LogP) is 2.46. The number of phenolic OH excluding ortho intramolecular Hbond substituents is 1. The summed E-state index contributed by atoms with van der Waals surface area (Å²) < 4.78 is 38.7. The van der Waals surface area contributed by atoms with Crippen molar-refractivity contribution in [2.45, 2.75) is 4.90 Å². The van der Waals surface area contributed by atoms with Gasteiger partial charge in [-0.25, -0.2) is 18.2 Å². The molecule has 0 aliphatic heterocycles. The SMILES string of the molecule is CN(CC(=O)N/N=C\c1c(O)ccc2ccccc12)S(=O)(=O)c1ccc(F)cc1. The second-order valence-electron chi connectivity index (χ2n) is 6.23. The normalized spacial score (nSPS) is 12.0. The highest BCUT2D eigenvalue weighted by Gasteiger charge is 2.22. The number of fused-ring (bicyclic) bond motifs is 1. The van der Waals surface area contributed by atoms with Crippen molar-refractivity contribution in [3.05, 3.63) is 72.0 Å². The minimum atomic E-state index is -3.95. The van der Waals surface area contributed by atoms with Crippen molar-refractivity contribution in [1.82, 2.24) is 9.73 Å². The molecule has 0 radical (unpaired) electrons. The molecule has 0 atom stereocenters. The Bertz CT molecular complexity index is 1180. The maximum atomic E-state index is 13.0. The van der Waals surface area contributed by atoms with Crippen LogP contribution in [-0.4, -0.2) is 43.5 Å². The van der Waals surface area contributed by atoms with E-state index in [9.17, 15) is 22.7 Å². The van der Waals surface area contributed by atoms with Gasteiger partial charge in [0.1, 0.15) is 11.6 Å². The first-order valence-corrected chi connectivity index (χ1v) is 9.97. The van der Waals surface area contributed by atoms with Crippen molar-refractivity contribution in [3.63, 3.8) is 0 Å². The van der Waals surface area contributed by atoms with Crippen LogP contribution in [0, 0.1) is 5.82 Å². The number of carbonyl (C=O) groups is 1. The van der Waals surface area contributed by atoms with Gasteiger partial charge in [-0.15, -0.1) is 0 Å². The summed E-state index contributed by atoms with van der Waals surface area (Å²) in [5.41, 5.74) is 2.67. The predicted molar refractivity (Wildman–Crippen MR) is 108 cm³/mol. The molecule has 3 aromatic carbocycles. The van der Waals surface area contributed by atoms with Crippen molar-refractivity contribution in [1.29, 1.82) is 0 Å². The molecule has 7 nitrogen and oxygen atoms in total. The number of phenols is 1. The number of halogens is 1. The molecule has 0 saturated carbocycles. The molecule has 3 rings (SSSR count). The topological polar surface area (TPSA) is 99.1 Å². The first-order valence-electron chi connectivity index (χ1n) is 8.53. The van der Waals surface area contributed by atoms with E-state index in [0.717, 1.165) is 39.3 Å². The lowest BCUT2D eigenvalue weighted by atomic mass is 10.0. The van der Waals surface area contributed by atoms with Gasteiger partial charge in [-0.3, -0.25) is 4.79 Å². The van der Waals surface area contributed by atoms with Crippen LogP contribution in [0.25, 0.3) is 10.8 Å². The standard InChI is InChI=1S/C20H18FN3O4S/c1-24(29(27,28)16-9-7-15(21)8-10-16)13-20(26)23-22-12-18-17-5-3-2-4-14(17)6-11-19(18)25/h2-12,25H,13H2,1H3,(H,23,26)/b22-12-. The minimum Gasteiger partial charge on any atom is -0.507 e. The van der Waals surface area contributed by atoms with Crippen LogP contribution in [0.3, 0.4) is 0 Å². The third-order valence-electron chi connectivity index (χ3n) is 4.22. The van der Waals surface area contributed by atoms with Crippen LogP contribution in [0.5, 0.6) is 5.75 Å². The van der Waals surface area contributed by atoms with Crippen LogP contribution in [0.4, 0.5) is 4.39 Å². The van der Waals surface area contributed by atoms with E-state index in [1.165, 1.54) is 19.3 Å².